The minimum Gasteiger partial charge on any atom is -0.492 e. The third-order valence-corrected chi connectivity index (χ3v) is 4.33. The molecular weight excluding hydrogens is 467 g/mol. The minimum atomic E-state index is -0.515. The summed E-state index contributed by atoms with van der Waals surface area (Å²) in [5.74, 6) is 0.658. The van der Waals surface area contributed by atoms with Crippen LogP contribution in [0.25, 0.3) is 6.08 Å². The van der Waals surface area contributed by atoms with Crippen LogP contribution in [0.3, 0.4) is 0 Å². The Morgan fingerprint density at radius 2 is 2.15 bits per heavy atom. The molecule has 134 valence electrons. The summed E-state index contributed by atoms with van der Waals surface area (Å²) in [7, 11) is 1.56. The molecule has 0 radical (unpaired) electrons. The van der Waals surface area contributed by atoms with Gasteiger partial charge in [0.1, 0.15) is 11.6 Å². The third kappa shape index (κ3) is 5.13. The van der Waals surface area contributed by atoms with Crippen molar-refractivity contribution < 1.29 is 14.3 Å². The number of rotatable bonds is 6. The smallest absolute Gasteiger partial charge is 0.266 e. The van der Waals surface area contributed by atoms with Gasteiger partial charge in [-0.05, 0) is 71.5 Å². The molecule has 0 atom stereocenters. The molecule has 0 heterocycles. The molecule has 7 heteroatoms. The van der Waals surface area contributed by atoms with E-state index in [-0.39, 0.29) is 5.57 Å². The van der Waals surface area contributed by atoms with Gasteiger partial charge in [-0.3, -0.25) is 4.79 Å². The standard InChI is InChI=1S/C19H16ClIN2O3/c1-3-26-17-9-12(8-16(21)18(17)25-2)7-13(11-22)19(24)23-15-6-4-5-14(20)10-15/h4-10H,3H2,1-2H3,(H,23,24)/b13-7+. The summed E-state index contributed by atoms with van der Waals surface area (Å²) < 4.78 is 11.7. The lowest BCUT2D eigenvalue weighted by Crippen LogP contribution is -2.13. The first-order chi connectivity index (χ1) is 12.5. The van der Waals surface area contributed by atoms with Crippen molar-refractivity contribution >= 4 is 51.9 Å². The zero-order valence-corrected chi connectivity index (χ0v) is 17.1. The molecule has 5 nitrogen and oxygen atoms in total. The molecule has 0 aliphatic carbocycles. The summed E-state index contributed by atoms with van der Waals surface area (Å²) in [4.78, 5) is 12.4. The maximum atomic E-state index is 12.4. The first-order valence-corrected chi connectivity index (χ1v) is 9.13. The van der Waals surface area contributed by atoms with Crippen LogP contribution >= 0.6 is 34.2 Å². The van der Waals surface area contributed by atoms with Crippen LogP contribution < -0.4 is 14.8 Å². The lowest BCUT2D eigenvalue weighted by molar-refractivity contribution is -0.112. The summed E-state index contributed by atoms with van der Waals surface area (Å²) in [5, 5.41) is 12.5. The maximum absolute atomic E-state index is 12.4. The molecule has 1 N–H and O–H groups in total. The zero-order valence-electron chi connectivity index (χ0n) is 14.2. The van der Waals surface area contributed by atoms with E-state index in [1.54, 1.807) is 37.4 Å². The molecule has 0 saturated carbocycles. The van der Waals surface area contributed by atoms with Gasteiger partial charge in [0.15, 0.2) is 11.5 Å². The van der Waals surface area contributed by atoms with Gasteiger partial charge in [0.05, 0.1) is 17.3 Å². The summed E-state index contributed by atoms with van der Waals surface area (Å²) in [6.07, 6.45) is 1.50. The first-order valence-electron chi connectivity index (χ1n) is 7.67. The normalized spacial score (nSPS) is 10.8. The fourth-order valence-electron chi connectivity index (χ4n) is 2.21. The average Bonchev–Trinajstić information content (AvgIpc) is 2.59. The van der Waals surface area contributed by atoms with Crippen molar-refractivity contribution in [1.29, 1.82) is 5.26 Å². The number of ether oxygens (including phenoxy) is 2. The number of amides is 1. The number of methoxy groups -OCH3 is 1. The molecule has 0 saturated heterocycles. The van der Waals surface area contributed by atoms with Crippen molar-refractivity contribution in [1.82, 2.24) is 0 Å². The van der Waals surface area contributed by atoms with E-state index in [0.29, 0.717) is 34.4 Å². The Morgan fingerprint density at radius 3 is 2.77 bits per heavy atom. The topological polar surface area (TPSA) is 71.3 Å². The molecule has 26 heavy (non-hydrogen) atoms. The van der Waals surface area contributed by atoms with E-state index < -0.39 is 5.91 Å². The number of carbonyl (C=O) groups is 1. The van der Waals surface area contributed by atoms with Gasteiger partial charge < -0.3 is 14.8 Å². The van der Waals surface area contributed by atoms with Crippen molar-refractivity contribution in [3.63, 3.8) is 0 Å². The van der Waals surface area contributed by atoms with E-state index in [0.717, 1.165) is 3.57 Å². The molecule has 2 rings (SSSR count). The highest BCUT2D eigenvalue weighted by molar-refractivity contribution is 14.1. The van der Waals surface area contributed by atoms with Gasteiger partial charge in [-0.2, -0.15) is 5.26 Å². The second-order valence-corrected chi connectivity index (χ2v) is 6.70. The van der Waals surface area contributed by atoms with E-state index in [2.05, 4.69) is 27.9 Å². The lowest BCUT2D eigenvalue weighted by atomic mass is 10.1. The SMILES string of the molecule is CCOc1cc(/C=C(\C#N)C(=O)Nc2cccc(Cl)c2)cc(I)c1OC. The molecule has 0 unspecified atom stereocenters. The number of nitrogens with zero attached hydrogens (tertiary/aromatic N) is 1. The highest BCUT2D eigenvalue weighted by atomic mass is 127. The van der Waals surface area contributed by atoms with Crippen molar-refractivity contribution in [3.8, 4) is 17.6 Å². The Hall–Kier alpha value is -2.24. The average molecular weight is 483 g/mol. The highest BCUT2D eigenvalue weighted by Gasteiger charge is 2.13. The number of hydrogen-bond donors (Lipinski definition) is 1. The van der Waals surface area contributed by atoms with Gasteiger partial charge in [0.25, 0.3) is 5.91 Å². The van der Waals surface area contributed by atoms with Crippen molar-refractivity contribution in [3.05, 3.63) is 56.1 Å². The fourth-order valence-corrected chi connectivity index (χ4v) is 3.25. The van der Waals surface area contributed by atoms with Crippen LogP contribution in [0.1, 0.15) is 12.5 Å². The van der Waals surface area contributed by atoms with Crippen molar-refractivity contribution in [2.45, 2.75) is 6.92 Å². The molecule has 2 aromatic carbocycles. The Kier molecular flexibility index (Phi) is 7.30. The summed E-state index contributed by atoms with van der Waals surface area (Å²) in [6, 6.07) is 12.2. The largest absolute Gasteiger partial charge is 0.492 e. The van der Waals surface area contributed by atoms with Crippen LogP contribution in [0.2, 0.25) is 5.02 Å². The van der Waals surface area contributed by atoms with E-state index in [1.807, 2.05) is 19.1 Å². The highest BCUT2D eigenvalue weighted by Crippen LogP contribution is 2.34. The Balaban J connectivity index is 2.33. The van der Waals surface area contributed by atoms with Gasteiger partial charge in [-0.1, -0.05) is 17.7 Å². The second-order valence-electron chi connectivity index (χ2n) is 5.10. The van der Waals surface area contributed by atoms with Crippen LogP contribution in [0.15, 0.2) is 42.0 Å². The lowest BCUT2D eigenvalue weighted by Gasteiger charge is -2.12. The molecule has 0 aromatic heterocycles. The minimum absolute atomic E-state index is 0.0339. The molecule has 1 amide bonds. The molecular formula is C19H16ClIN2O3. The number of anilines is 1. The van der Waals surface area contributed by atoms with Gasteiger partial charge in [-0.15, -0.1) is 0 Å². The Labute approximate surface area is 170 Å². The van der Waals surface area contributed by atoms with Crippen molar-refractivity contribution in [2.75, 3.05) is 19.0 Å². The maximum Gasteiger partial charge on any atom is 0.266 e. The first kappa shape index (κ1) is 20.1. The van der Waals surface area contributed by atoms with Gasteiger partial charge >= 0.3 is 0 Å². The molecule has 0 aliphatic rings. The van der Waals surface area contributed by atoms with E-state index >= 15 is 0 Å². The number of carbonyl (C=O) groups excluding carboxylic acids is 1. The Bertz CT molecular complexity index is 891. The summed E-state index contributed by atoms with van der Waals surface area (Å²) in [5.41, 5.74) is 1.15. The van der Waals surface area contributed by atoms with Crippen LogP contribution in [0.4, 0.5) is 5.69 Å². The summed E-state index contributed by atoms with van der Waals surface area (Å²) >= 11 is 8.02. The van der Waals surface area contributed by atoms with Crippen LogP contribution in [-0.2, 0) is 4.79 Å². The van der Waals surface area contributed by atoms with E-state index in [1.165, 1.54) is 6.08 Å². The second kappa shape index (κ2) is 9.46. The number of benzene rings is 2. The Morgan fingerprint density at radius 1 is 1.38 bits per heavy atom. The molecule has 0 bridgehead atoms. The summed E-state index contributed by atoms with van der Waals surface area (Å²) in [6.45, 7) is 2.34. The number of nitrogens with one attached hydrogen (secondary N) is 1. The zero-order chi connectivity index (χ0) is 19.1. The van der Waals surface area contributed by atoms with Crippen LogP contribution in [0.5, 0.6) is 11.5 Å². The predicted molar refractivity (Wildman–Crippen MR) is 111 cm³/mol. The number of hydrogen-bond acceptors (Lipinski definition) is 4. The number of nitriles is 1. The third-order valence-electron chi connectivity index (χ3n) is 3.29. The molecule has 0 aliphatic heterocycles. The molecule has 0 spiro atoms. The van der Waals surface area contributed by atoms with Crippen LogP contribution in [0, 0.1) is 14.9 Å². The van der Waals surface area contributed by atoms with Crippen LogP contribution in [-0.4, -0.2) is 19.6 Å². The predicted octanol–water partition coefficient (Wildman–Crippen LogP) is 4.90. The van der Waals surface area contributed by atoms with Gasteiger partial charge in [0.2, 0.25) is 0 Å². The quantitative estimate of drug-likeness (QED) is 0.361. The van der Waals surface area contributed by atoms with Crippen molar-refractivity contribution in [2.24, 2.45) is 0 Å². The fraction of sp³-hybridized carbons (Fsp3) is 0.158. The number of halogens is 2. The monoisotopic (exact) mass is 482 g/mol. The van der Waals surface area contributed by atoms with E-state index in [4.69, 9.17) is 21.1 Å². The molecule has 2 aromatic rings. The molecule has 0 fully saturated rings. The van der Waals surface area contributed by atoms with E-state index in [9.17, 15) is 10.1 Å². The van der Waals surface area contributed by atoms with Gasteiger partial charge in [0, 0.05) is 10.7 Å². The van der Waals surface area contributed by atoms with Gasteiger partial charge in [-0.25, -0.2) is 0 Å².